The first kappa shape index (κ1) is 18.7. The first-order valence-electron chi connectivity index (χ1n) is 8.39. The zero-order valence-corrected chi connectivity index (χ0v) is 14.8. The van der Waals surface area contributed by atoms with E-state index in [1.165, 1.54) is 6.07 Å². The molecule has 0 fully saturated rings. The van der Waals surface area contributed by atoms with E-state index in [0.717, 1.165) is 24.3 Å². The zero-order chi connectivity index (χ0) is 19.7. The lowest BCUT2D eigenvalue weighted by molar-refractivity contribution is 0.282. The number of aromatic hydroxyl groups is 2. The summed E-state index contributed by atoms with van der Waals surface area (Å²) in [6, 6.07) is 5.21. The molecule has 0 spiro atoms. The molecule has 0 radical (unpaired) electrons. The molecule has 0 saturated carbocycles. The molecule has 2 N–H and O–H groups in total. The number of benzene rings is 2. The highest BCUT2D eigenvalue weighted by molar-refractivity contribution is 5.88. The minimum Gasteiger partial charge on any atom is -0.508 e. The Morgan fingerprint density at radius 1 is 1.11 bits per heavy atom. The molecular formula is C20H18F2O5. The van der Waals surface area contributed by atoms with Crippen molar-refractivity contribution in [2.45, 2.75) is 20.3 Å². The third-order valence-electron chi connectivity index (χ3n) is 4.04. The van der Waals surface area contributed by atoms with Crippen LogP contribution in [0.25, 0.3) is 22.3 Å². The lowest BCUT2D eigenvalue weighted by atomic mass is 10.1. The van der Waals surface area contributed by atoms with Gasteiger partial charge >= 0.3 is 0 Å². The van der Waals surface area contributed by atoms with Crippen molar-refractivity contribution in [3.63, 3.8) is 0 Å². The molecule has 27 heavy (non-hydrogen) atoms. The molecule has 0 aliphatic rings. The molecule has 0 atom stereocenters. The number of fused-ring (bicyclic) bond motifs is 1. The molecule has 0 aliphatic carbocycles. The van der Waals surface area contributed by atoms with Crippen LogP contribution in [0, 0.1) is 17.6 Å². The monoisotopic (exact) mass is 376 g/mol. The van der Waals surface area contributed by atoms with Gasteiger partial charge in [-0.15, -0.1) is 0 Å². The second kappa shape index (κ2) is 7.26. The van der Waals surface area contributed by atoms with Gasteiger partial charge in [-0.05, 0) is 30.5 Å². The number of hydrogen-bond acceptors (Lipinski definition) is 5. The Bertz CT molecular complexity index is 1060. The van der Waals surface area contributed by atoms with E-state index in [1.807, 2.05) is 13.8 Å². The molecule has 0 saturated heterocycles. The highest BCUT2D eigenvalue weighted by Crippen LogP contribution is 2.36. The topological polar surface area (TPSA) is 79.9 Å². The average Bonchev–Trinajstić information content (AvgIpc) is 2.58. The molecule has 0 bridgehead atoms. The van der Waals surface area contributed by atoms with E-state index in [2.05, 4.69) is 0 Å². The largest absolute Gasteiger partial charge is 0.508 e. The van der Waals surface area contributed by atoms with E-state index >= 15 is 0 Å². The summed E-state index contributed by atoms with van der Waals surface area (Å²) in [6.45, 7) is 4.16. The van der Waals surface area contributed by atoms with Gasteiger partial charge < -0.3 is 19.4 Å². The van der Waals surface area contributed by atoms with E-state index in [-0.39, 0.29) is 40.4 Å². The molecule has 3 rings (SSSR count). The van der Waals surface area contributed by atoms with Crippen LogP contribution in [0.2, 0.25) is 0 Å². The van der Waals surface area contributed by atoms with Gasteiger partial charge in [0.2, 0.25) is 11.2 Å². The van der Waals surface area contributed by atoms with Crippen molar-refractivity contribution in [2.75, 3.05) is 6.61 Å². The van der Waals surface area contributed by atoms with Crippen molar-refractivity contribution >= 4 is 11.0 Å². The van der Waals surface area contributed by atoms with Crippen molar-refractivity contribution < 1.29 is 28.1 Å². The summed E-state index contributed by atoms with van der Waals surface area (Å²) >= 11 is 0. The smallest absolute Gasteiger partial charge is 0.239 e. The Balaban J connectivity index is 2.25. The lowest BCUT2D eigenvalue weighted by Gasteiger charge is -2.13. The van der Waals surface area contributed by atoms with Crippen LogP contribution in [0.3, 0.4) is 0 Å². The maximum absolute atomic E-state index is 13.7. The summed E-state index contributed by atoms with van der Waals surface area (Å²) in [7, 11) is 0. The van der Waals surface area contributed by atoms with Crippen LogP contribution in [-0.4, -0.2) is 16.8 Å². The van der Waals surface area contributed by atoms with E-state index < -0.39 is 22.8 Å². The summed E-state index contributed by atoms with van der Waals surface area (Å²) in [6.07, 6.45) is 0.649. The van der Waals surface area contributed by atoms with Gasteiger partial charge in [-0.1, -0.05) is 13.8 Å². The molecular weight excluding hydrogens is 358 g/mol. The quantitative estimate of drug-likeness (QED) is 0.682. The molecule has 1 heterocycles. The predicted molar refractivity (Wildman–Crippen MR) is 96.1 cm³/mol. The van der Waals surface area contributed by atoms with Gasteiger partial charge in [-0.25, -0.2) is 8.78 Å². The fourth-order valence-corrected chi connectivity index (χ4v) is 2.62. The van der Waals surface area contributed by atoms with E-state index in [1.54, 1.807) is 0 Å². The fourth-order valence-electron chi connectivity index (χ4n) is 2.62. The lowest BCUT2D eigenvalue weighted by Crippen LogP contribution is -2.12. The molecule has 0 aliphatic heterocycles. The van der Waals surface area contributed by atoms with Gasteiger partial charge in [-0.2, -0.15) is 0 Å². The van der Waals surface area contributed by atoms with E-state index in [4.69, 9.17) is 9.15 Å². The van der Waals surface area contributed by atoms with Gasteiger partial charge in [-0.3, -0.25) is 4.79 Å². The summed E-state index contributed by atoms with van der Waals surface area (Å²) < 4.78 is 38.2. The highest BCUT2D eigenvalue weighted by Gasteiger charge is 2.21. The van der Waals surface area contributed by atoms with Gasteiger partial charge in [0.15, 0.2) is 17.4 Å². The highest BCUT2D eigenvalue weighted by atomic mass is 19.2. The van der Waals surface area contributed by atoms with Crippen LogP contribution in [-0.2, 0) is 0 Å². The average molecular weight is 376 g/mol. The van der Waals surface area contributed by atoms with Crippen LogP contribution in [0.1, 0.15) is 20.3 Å². The van der Waals surface area contributed by atoms with Crippen molar-refractivity contribution in [3.8, 4) is 28.6 Å². The Labute approximate surface area is 153 Å². The van der Waals surface area contributed by atoms with Gasteiger partial charge in [0.05, 0.1) is 6.61 Å². The Morgan fingerprint density at radius 2 is 1.85 bits per heavy atom. The molecule has 0 unspecified atom stereocenters. The van der Waals surface area contributed by atoms with Crippen LogP contribution >= 0.6 is 0 Å². The Kier molecular flexibility index (Phi) is 5.03. The van der Waals surface area contributed by atoms with Gasteiger partial charge in [0, 0.05) is 17.7 Å². The van der Waals surface area contributed by atoms with E-state index in [0.29, 0.717) is 12.3 Å². The number of phenols is 2. The molecule has 1 aromatic heterocycles. The van der Waals surface area contributed by atoms with Crippen LogP contribution < -0.4 is 10.2 Å². The third kappa shape index (κ3) is 3.72. The van der Waals surface area contributed by atoms with Crippen molar-refractivity contribution in [3.05, 3.63) is 52.2 Å². The van der Waals surface area contributed by atoms with Crippen molar-refractivity contribution in [2.24, 2.45) is 5.92 Å². The fraction of sp³-hybridized carbons (Fsp3) is 0.250. The molecule has 142 valence electrons. The van der Waals surface area contributed by atoms with E-state index in [9.17, 15) is 23.8 Å². The number of ether oxygens (including phenoxy) is 1. The number of rotatable bonds is 5. The first-order chi connectivity index (χ1) is 12.8. The number of hydrogen-bond donors (Lipinski definition) is 2. The molecule has 5 nitrogen and oxygen atoms in total. The summed E-state index contributed by atoms with van der Waals surface area (Å²) in [4.78, 5) is 12.9. The molecule has 7 heteroatoms. The summed E-state index contributed by atoms with van der Waals surface area (Å²) in [5.74, 6) is -2.94. The zero-order valence-electron chi connectivity index (χ0n) is 14.8. The van der Waals surface area contributed by atoms with Crippen LogP contribution in [0.4, 0.5) is 8.78 Å². The SMILES string of the molecule is CC(C)CCOc1c(-c2ccc(F)c(F)c2)oc2cc(O)cc(O)c2c1=O. The summed E-state index contributed by atoms with van der Waals surface area (Å²) in [5.41, 5.74) is -0.680. The standard InChI is InChI=1S/C20H18F2O5/c1-10(2)5-6-26-20-18(25)17-15(24)8-12(23)9-16(17)27-19(20)11-3-4-13(21)14(22)7-11/h3-4,7-10,23-24H,5-6H2,1-2H3. The normalized spacial score (nSPS) is 11.3. The minimum atomic E-state index is -1.11. The van der Waals surface area contributed by atoms with Crippen LogP contribution in [0.15, 0.2) is 39.5 Å². The third-order valence-corrected chi connectivity index (χ3v) is 4.04. The minimum absolute atomic E-state index is 0.0929. The first-order valence-corrected chi connectivity index (χ1v) is 8.39. The Hall–Kier alpha value is -3.09. The molecule has 2 aromatic carbocycles. The second-order valence-corrected chi connectivity index (χ2v) is 6.59. The summed E-state index contributed by atoms with van der Waals surface area (Å²) in [5, 5.41) is 19.5. The van der Waals surface area contributed by atoms with Gasteiger partial charge in [0.25, 0.3) is 0 Å². The van der Waals surface area contributed by atoms with Crippen LogP contribution in [0.5, 0.6) is 17.2 Å². The van der Waals surface area contributed by atoms with Crippen molar-refractivity contribution in [1.29, 1.82) is 0 Å². The maximum atomic E-state index is 13.7. The van der Waals surface area contributed by atoms with Gasteiger partial charge in [0.1, 0.15) is 22.5 Å². The number of halogens is 2. The predicted octanol–water partition coefficient (Wildman–Crippen LogP) is 4.57. The maximum Gasteiger partial charge on any atom is 0.239 e. The Morgan fingerprint density at radius 3 is 2.52 bits per heavy atom. The van der Waals surface area contributed by atoms with Crippen molar-refractivity contribution in [1.82, 2.24) is 0 Å². The second-order valence-electron chi connectivity index (χ2n) is 6.59. The molecule has 0 amide bonds. The molecule has 3 aromatic rings. The number of phenolic OH excluding ortho intramolecular Hbond substituents is 2.